The molecule has 0 unspecified atom stereocenters. The molecule has 2 aromatic rings. The molecule has 0 bridgehead atoms. The lowest BCUT2D eigenvalue weighted by Gasteiger charge is -2.08. The minimum Gasteiger partial charge on any atom is -0.486 e. The van der Waals surface area contributed by atoms with E-state index in [9.17, 15) is 9.18 Å². The van der Waals surface area contributed by atoms with E-state index in [1.54, 1.807) is 11.3 Å². The minimum atomic E-state index is -1.22. The molecule has 0 aromatic carbocycles. The Hall–Kier alpha value is -2.48. The standard InChI is InChI=1S/C13H12FN3O3S/c14-3-9(4-17-13(18)19)7-20-11-5-15-12(16-6-11)10-1-2-21-8-10/h1-3,5-6,8,17H,4,7H2,(H,18,19)/b9-3+. The Morgan fingerprint density at radius 2 is 2.24 bits per heavy atom. The van der Waals surface area contributed by atoms with Gasteiger partial charge in [0, 0.05) is 23.1 Å². The molecule has 0 saturated carbocycles. The second-order valence-corrected chi connectivity index (χ2v) is 4.75. The fourth-order valence-corrected chi connectivity index (χ4v) is 2.05. The maximum absolute atomic E-state index is 12.6. The molecule has 0 spiro atoms. The molecule has 0 aliphatic carbocycles. The number of thiophene rings is 1. The molecule has 0 radical (unpaired) electrons. The molecular formula is C13H12FN3O3S. The molecule has 2 aromatic heterocycles. The molecule has 0 aliphatic heterocycles. The van der Waals surface area contributed by atoms with Crippen LogP contribution in [0.1, 0.15) is 0 Å². The lowest BCUT2D eigenvalue weighted by molar-refractivity contribution is 0.195. The van der Waals surface area contributed by atoms with Gasteiger partial charge in [-0.2, -0.15) is 11.3 Å². The van der Waals surface area contributed by atoms with Gasteiger partial charge >= 0.3 is 6.09 Å². The van der Waals surface area contributed by atoms with Crippen molar-refractivity contribution in [3.8, 4) is 17.1 Å². The Morgan fingerprint density at radius 3 is 2.81 bits per heavy atom. The lowest BCUT2D eigenvalue weighted by Crippen LogP contribution is -2.25. The second-order valence-electron chi connectivity index (χ2n) is 3.97. The summed E-state index contributed by atoms with van der Waals surface area (Å²) in [7, 11) is 0. The number of carbonyl (C=O) groups is 1. The summed E-state index contributed by atoms with van der Waals surface area (Å²) in [5.41, 5.74) is 1.08. The first kappa shape index (κ1) is 14.9. The smallest absolute Gasteiger partial charge is 0.404 e. The van der Waals surface area contributed by atoms with Crippen molar-refractivity contribution in [2.75, 3.05) is 13.2 Å². The van der Waals surface area contributed by atoms with Crippen molar-refractivity contribution in [2.45, 2.75) is 0 Å². The highest BCUT2D eigenvalue weighted by Gasteiger charge is 2.05. The number of rotatable bonds is 6. The second kappa shape index (κ2) is 7.34. The molecular weight excluding hydrogens is 297 g/mol. The van der Waals surface area contributed by atoms with Gasteiger partial charge in [-0.05, 0) is 11.4 Å². The van der Waals surface area contributed by atoms with Crippen LogP contribution in [0.4, 0.5) is 9.18 Å². The number of aromatic nitrogens is 2. The summed E-state index contributed by atoms with van der Waals surface area (Å²) in [6.07, 6.45) is 2.06. The first-order chi connectivity index (χ1) is 10.2. The van der Waals surface area contributed by atoms with Gasteiger partial charge in [-0.25, -0.2) is 19.2 Å². The molecule has 110 valence electrons. The Balaban J connectivity index is 1.90. The van der Waals surface area contributed by atoms with E-state index in [2.05, 4.69) is 15.3 Å². The molecule has 2 heterocycles. The van der Waals surface area contributed by atoms with E-state index in [-0.39, 0.29) is 18.7 Å². The van der Waals surface area contributed by atoms with E-state index >= 15 is 0 Å². The summed E-state index contributed by atoms with van der Waals surface area (Å²) in [6.45, 7) is -0.225. The largest absolute Gasteiger partial charge is 0.486 e. The van der Waals surface area contributed by atoms with Crippen LogP contribution in [0.25, 0.3) is 11.4 Å². The van der Waals surface area contributed by atoms with Crippen LogP contribution in [0.3, 0.4) is 0 Å². The van der Waals surface area contributed by atoms with E-state index in [1.807, 2.05) is 16.8 Å². The number of hydrogen-bond acceptors (Lipinski definition) is 5. The Labute approximate surface area is 123 Å². The SMILES string of the molecule is O=C(O)NC/C(=C\F)COc1cnc(-c2ccsc2)nc1. The molecule has 0 atom stereocenters. The van der Waals surface area contributed by atoms with Crippen LogP contribution in [0.15, 0.2) is 41.1 Å². The number of halogens is 1. The van der Waals surface area contributed by atoms with Crippen LogP contribution in [-0.4, -0.2) is 34.3 Å². The Kier molecular flexibility index (Phi) is 5.22. The predicted octanol–water partition coefficient (Wildman–Crippen LogP) is 2.70. The Bertz CT molecular complexity index is 614. The molecule has 8 heteroatoms. The van der Waals surface area contributed by atoms with Gasteiger partial charge in [0.1, 0.15) is 6.61 Å². The number of nitrogens with one attached hydrogen (secondary N) is 1. The summed E-state index contributed by atoms with van der Waals surface area (Å²) in [5, 5.41) is 14.4. The van der Waals surface area contributed by atoms with Crippen LogP contribution >= 0.6 is 11.3 Å². The number of hydrogen-bond donors (Lipinski definition) is 2. The highest BCUT2D eigenvalue weighted by atomic mass is 32.1. The van der Waals surface area contributed by atoms with Crippen LogP contribution in [0.5, 0.6) is 5.75 Å². The third-order valence-corrected chi connectivity index (χ3v) is 3.14. The number of nitrogens with zero attached hydrogens (tertiary/aromatic N) is 2. The monoisotopic (exact) mass is 309 g/mol. The van der Waals surface area contributed by atoms with Gasteiger partial charge in [-0.15, -0.1) is 0 Å². The number of ether oxygens (including phenoxy) is 1. The highest BCUT2D eigenvalue weighted by Crippen LogP contribution is 2.19. The van der Waals surface area contributed by atoms with Gasteiger partial charge < -0.3 is 15.2 Å². The first-order valence-electron chi connectivity index (χ1n) is 5.91. The molecule has 2 N–H and O–H groups in total. The van der Waals surface area contributed by atoms with E-state index in [4.69, 9.17) is 9.84 Å². The third-order valence-electron chi connectivity index (χ3n) is 2.45. The van der Waals surface area contributed by atoms with Crippen molar-refractivity contribution in [3.63, 3.8) is 0 Å². The summed E-state index contributed by atoms with van der Waals surface area (Å²) in [4.78, 5) is 18.6. The summed E-state index contributed by atoms with van der Waals surface area (Å²) in [6, 6.07) is 1.90. The third kappa shape index (κ3) is 4.53. The predicted molar refractivity (Wildman–Crippen MR) is 76.1 cm³/mol. The van der Waals surface area contributed by atoms with Crippen molar-refractivity contribution in [1.29, 1.82) is 0 Å². The maximum atomic E-state index is 12.6. The van der Waals surface area contributed by atoms with Crippen molar-refractivity contribution >= 4 is 17.4 Å². The van der Waals surface area contributed by atoms with Crippen molar-refractivity contribution in [2.24, 2.45) is 0 Å². The van der Waals surface area contributed by atoms with Gasteiger partial charge in [0.15, 0.2) is 11.6 Å². The first-order valence-corrected chi connectivity index (χ1v) is 6.85. The average Bonchev–Trinajstić information content (AvgIpc) is 3.02. The van der Waals surface area contributed by atoms with Crippen LogP contribution in [0, 0.1) is 0 Å². The molecule has 0 aliphatic rings. The fourth-order valence-electron chi connectivity index (χ4n) is 1.42. The molecule has 0 saturated heterocycles. The summed E-state index contributed by atoms with van der Waals surface area (Å²) >= 11 is 1.55. The van der Waals surface area contributed by atoms with E-state index in [1.165, 1.54) is 12.4 Å². The van der Waals surface area contributed by atoms with E-state index in [0.29, 0.717) is 17.9 Å². The quantitative estimate of drug-likeness (QED) is 0.857. The number of carboxylic acid groups (broad SMARTS) is 1. The van der Waals surface area contributed by atoms with Gasteiger partial charge in [-0.3, -0.25) is 0 Å². The van der Waals surface area contributed by atoms with Crippen LogP contribution in [-0.2, 0) is 0 Å². The van der Waals surface area contributed by atoms with E-state index < -0.39 is 6.09 Å². The Morgan fingerprint density at radius 1 is 1.48 bits per heavy atom. The zero-order valence-electron chi connectivity index (χ0n) is 10.8. The van der Waals surface area contributed by atoms with Crippen molar-refractivity contribution in [3.05, 3.63) is 41.1 Å². The molecule has 2 rings (SSSR count). The average molecular weight is 309 g/mol. The maximum Gasteiger partial charge on any atom is 0.404 e. The minimum absolute atomic E-state index is 0.0854. The lowest BCUT2D eigenvalue weighted by atomic mass is 10.3. The molecule has 6 nitrogen and oxygen atoms in total. The van der Waals surface area contributed by atoms with Gasteiger partial charge in [-0.1, -0.05) is 0 Å². The summed E-state index contributed by atoms with van der Waals surface area (Å²) < 4.78 is 17.9. The van der Waals surface area contributed by atoms with Crippen molar-refractivity contribution in [1.82, 2.24) is 15.3 Å². The van der Waals surface area contributed by atoms with Gasteiger partial charge in [0.05, 0.1) is 18.7 Å². The van der Waals surface area contributed by atoms with Crippen LogP contribution in [0.2, 0.25) is 0 Å². The van der Waals surface area contributed by atoms with Crippen LogP contribution < -0.4 is 10.1 Å². The molecule has 21 heavy (non-hydrogen) atoms. The molecule has 0 fully saturated rings. The molecule has 1 amide bonds. The zero-order valence-corrected chi connectivity index (χ0v) is 11.6. The zero-order chi connectivity index (χ0) is 15.1. The van der Waals surface area contributed by atoms with Crippen molar-refractivity contribution < 1.29 is 19.0 Å². The van der Waals surface area contributed by atoms with Gasteiger partial charge in [0.2, 0.25) is 0 Å². The number of amides is 1. The normalized spacial score (nSPS) is 11.2. The van der Waals surface area contributed by atoms with Gasteiger partial charge in [0.25, 0.3) is 0 Å². The fraction of sp³-hybridized carbons (Fsp3) is 0.154. The van der Waals surface area contributed by atoms with E-state index in [0.717, 1.165) is 5.56 Å². The topological polar surface area (TPSA) is 84.3 Å². The summed E-state index contributed by atoms with van der Waals surface area (Å²) in [5.74, 6) is 0.959. The highest BCUT2D eigenvalue weighted by molar-refractivity contribution is 7.08.